The van der Waals surface area contributed by atoms with Crippen molar-refractivity contribution < 1.29 is 24.2 Å². The molecular weight excluding hydrogens is 334 g/mol. The van der Waals surface area contributed by atoms with E-state index in [2.05, 4.69) is 0 Å². The van der Waals surface area contributed by atoms with Crippen LogP contribution in [-0.2, 0) is 15.0 Å². The van der Waals surface area contributed by atoms with Crippen LogP contribution in [0.1, 0.15) is 46.6 Å². The number of benzene rings is 1. The zero-order chi connectivity index (χ0) is 19.5. The first kappa shape index (κ1) is 20.1. The molecule has 2 unspecified atom stereocenters. The van der Waals surface area contributed by atoms with Crippen LogP contribution >= 0.6 is 0 Å². The molecule has 0 aromatic heterocycles. The van der Waals surface area contributed by atoms with Gasteiger partial charge in [-0.1, -0.05) is 6.07 Å². The highest BCUT2D eigenvalue weighted by atomic mass is 16.5. The summed E-state index contributed by atoms with van der Waals surface area (Å²) >= 11 is 0. The van der Waals surface area contributed by atoms with Gasteiger partial charge in [-0.3, -0.25) is 9.59 Å². The molecule has 2 rings (SSSR count). The summed E-state index contributed by atoms with van der Waals surface area (Å²) < 4.78 is 11.3. The Hall–Kier alpha value is -2.24. The molecule has 26 heavy (non-hydrogen) atoms. The SMILES string of the molecule is CCOc1ccc(C(C)(C)C(=O)N2CCC(C(=O)O)C2C)cc1OCC. The van der Waals surface area contributed by atoms with Crippen molar-refractivity contribution in [1.29, 1.82) is 0 Å². The van der Waals surface area contributed by atoms with E-state index in [0.29, 0.717) is 37.7 Å². The highest BCUT2D eigenvalue weighted by Gasteiger charge is 2.43. The van der Waals surface area contributed by atoms with Gasteiger partial charge in [-0.2, -0.15) is 0 Å². The zero-order valence-corrected chi connectivity index (χ0v) is 16.2. The number of rotatable bonds is 7. The van der Waals surface area contributed by atoms with E-state index in [1.165, 1.54) is 0 Å². The first-order chi connectivity index (χ1) is 12.2. The van der Waals surface area contributed by atoms with E-state index in [1.807, 2.05) is 52.8 Å². The van der Waals surface area contributed by atoms with Crippen LogP contribution in [-0.4, -0.2) is 47.7 Å². The lowest BCUT2D eigenvalue weighted by Gasteiger charge is -2.33. The number of carboxylic acid groups (broad SMARTS) is 1. The molecule has 1 aromatic rings. The first-order valence-corrected chi connectivity index (χ1v) is 9.18. The van der Waals surface area contributed by atoms with E-state index in [9.17, 15) is 14.7 Å². The van der Waals surface area contributed by atoms with Gasteiger partial charge in [-0.15, -0.1) is 0 Å². The van der Waals surface area contributed by atoms with Gasteiger partial charge < -0.3 is 19.5 Å². The molecule has 1 N–H and O–H groups in total. The minimum absolute atomic E-state index is 0.0691. The Morgan fingerprint density at radius 2 is 1.81 bits per heavy atom. The number of likely N-dealkylation sites (tertiary alicyclic amines) is 1. The summed E-state index contributed by atoms with van der Waals surface area (Å²) in [6, 6.07) is 5.24. The van der Waals surface area contributed by atoms with Crippen molar-refractivity contribution in [2.45, 2.75) is 52.5 Å². The maximum absolute atomic E-state index is 13.2. The van der Waals surface area contributed by atoms with E-state index < -0.39 is 17.3 Å². The van der Waals surface area contributed by atoms with Gasteiger partial charge in [0.1, 0.15) is 0 Å². The Labute approximate surface area is 155 Å². The van der Waals surface area contributed by atoms with Crippen LogP contribution in [0.15, 0.2) is 18.2 Å². The standard InChI is InChI=1S/C20H29NO5/c1-6-25-16-9-8-14(12-17(16)26-7-2)20(4,5)19(24)21-11-10-15(13(21)3)18(22)23/h8-9,12-13,15H,6-7,10-11H2,1-5H3,(H,22,23). The molecule has 1 heterocycles. The number of nitrogens with zero attached hydrogens (tertiary/aromatic N) is 1. The van der Waals surface area contributed by atoms with Crippen molar-refractivity contribution in [3.63, 3.8) is 0 Å². The monoisotopic (exact) mass is 363 g/mol. The van der Waals surface area contributed by atoms with E-state index in [1.54, 1.807) is 4.90 Å². The van der Waals surface area contributed by atoms with Crippen LogP contribution < -0.4 is 9.47 Å². The van der Waals surface area contributed by atoms with Gasteiger partial charge in [-0.25, -0.2) is 0 Å². The molecule has 6 heteroatoms. The van der Waals surface area contributed by atoms with E-state index in [0.717, 1.165) is 5.56 Å². The Bertz CT molecular complexity index is 670. The van der Waals surface area contributed by atoms with Crippen LogP contribution in [0.2, 0.25) is 0 Å². The fourth-order valence-electron chi connectivity index (χ4n) is 3.48. The van der Waals surface area contributed by atoms with Crippen molar-refractivity contribution in [2.24, 2.45) is 5.92 Å². The molecule has 1 fully saturated rings. The zero-order valence-electron chi connectivity index (χ0n) is 16.2. The summed E-state index contributed by atoms with van der Waals surface area (Å²) in [7, 11) is 0. The Morgan fingerprint density at radius 1 is 1.19 bits per heavy atom. The summed E-state index contributed by atoms with van der Waals surface area (Å²) in [6.07, 6.45) is 0.492. The minimum atomic E-state index is -0.842. The van der Waals surface area contributed by atoms with Gasteiger partial charge in [-0.05, 0) is 58.7 Å². The van der Waals surface area contributed by atoms with Gasteiger partial charge in [0.15, 0.2) is 11.5 Å². The lowest BCUT2D eigenvalue weighted by atomic mass is 9.82. The van der Waals surface area contributed by atoms with Gasteiger partial charge >= 0.3 is 5.97 Å². The largest absolute Gasteiger partial charge is 0.490 e. The smallest absolute Gasteiger partial charge is 0.308 e. The second-order valence-electron chi connectivity index (χ2n) is 7.13. The molecule has 0 spiro atoms. The third-order valence-corrected chi connectivity index (χ3v) is 5.13. The number of carbonyl (C=O) groups excluding carboxylic acids is 1. The highest BCUT2D eigenvalue weighted by molar-refractivity contribution is 5.89. The van der Waals surface area contributed by atoms with Crippen molar-refractivity contribution in [3.8, 4) is 11.5 Å². The van der Waals surface area contributed by atoms with E-state index in [-0.39, 0.29) is 11.9 Å². The summed E-state index contributed by atoms with van der Waals surface area (Å²) in [5.74, 6) is -0.146. The van der Waals surface area contributed by atoms with Gasteiger partial charge in [0, 0.05) is 12.6 Å². The van der Waals surface area contributed by atoms with Gasteiger partial charge in [0.2, 0.25) is 5.91 Å². The predicted octanol–water partition coefficient (Wildman–Crippen LogP) is 3.08. The number of ether oxygens (including phenoxy) is 2. The fourth-order valence-corrected chi connectivity index (χ4v) is 3.48. The summed E-state index contributed by atoms with van der Waals surface area (Å²) in [5.41, 5.74) is 0.0264. The normalized spacial score (nSPS) is 20.1. The summed E-state index contributed by atoms with van der Waals surface area (Å²) in [4.78, 5) is 26.2. The number of carbonyl (C=O) groups is 2. The molecule has 144 valence electrons. The lowest BCUT2D eigenvalue weighted by Crippen LogP contribution is -2.46. The Kier molecular flexibility index (Phi) is 6.16. The Morgan fingerprint density at radius 3 is 2.35 bits per heavy atom. The molecule has 2 atom stereocenters. The molecule has 0 bridgehead atoms. The number of aliphatic carboxylic acids is 1. The number of hydrogen-bond donors (Lipinski definition) is 1. The topological polar surface area (TPSA) is 76.1 Å². The summed E-state index contributed by atoms with van der Waals surface area (Å²) in [6.45, 7) is 10.8. The van der Waals surface area contributed by atoms with Crippen molar-refractivity contribution in [3.05, 3.63) is 23.8 Å². The molecule has 1 aliphatic heterocycles. The van der Waals surface area contributed by atoms with E-state index >= 15 is 0 Å². The average molecular weight is 363 g/mol. The maximum atomic E-state index is 13.2. The third kappa shape index (κ3) is 3.79. The van der Waals surface area contributed by atoms with Crippen LogP contribution in [0.3, 0.4) is 0 Å². The van der Waals surface area contributed by atoms with Gasteiger partial charge in [0.25, 0.3) is 0 Å². The fraction of sp³-hybridized carbons (Fsp3) is 0.600. The lowest BCUT2D eigenvalue weighted by molar-refractivity contribution is -0.143. The Balaban J connectivity index is 2.30. The van der Waals surface area contributed by atoms with Crippen LogP contribution in [0.25, 0.3) is 0 Å². The number of hydrogen-bond acceptors (Lipinski definition) is 4. The van der Waals surface area contributed by atoms with Crippen LogP contribution in [0, 0.1) is 5.92 Å². The molecule has 1 saturated heterocycles. The molecule has 1 aromatic carbocycles. The molecular formula is C20H29NO5. The molecule has 0 aliphatic carbocycles. The first-order valence-electron chi connectivity index (χ1n) is 9.18. The van der Waals surface area contributed by atoms with Crippen molar-refractivity contribution >= 4 is 11.9 Å². The van der Waals surface area contributed by atoms with Crippen molar-refractivity contribution in [1.82, 2.24) is 4.90 Å². The van der Waals surface area contributed by atoms with Crippen LogP contribution in [0.5, 0.6) is 11.5 Å². The number of carboxylic acids is 1. The molecule has 1 amide bonds. The van der Waals surface area contributed by atoms with E-state index in [4.69, 9.17) is 9.47 Å². The van der Waals surface area contributed by atoms with Crippen LogP contribution in [0.4, 0.5) is 0 Å². The van der Waals surface area contributed by atoms with Gasteiger partial charge in [0.05, 0.1) is 24.5 Å². The number of amides is 1. The molecule has 6 nitrogen and oxygen atoms in total. The molecule has 1 aliphatic rings. The molecule has 0 radical (unpaired) electrons. The molecule has 0 saturated carbocycles. The summed E-state index contributed by atoms with van der Waals surface area (Å²) in [5, 5.41) is 9.31. The van der Waals surface area contributed by atoms with Crippen molar-refractivity contribution in [2.75, 3.05) is 19.8 Å². The second-order valence-corrected chi connectivity index (χ2v) is 7.13. The predicted molar refractivity (Wildman–Crippen MR) is 98.7 cm³/mol. The quantitative estimate of drug-likeness (QED) is 0.806. The minimum Gasteiger partial charge on any atom is -0.490 e. The third-order valence-electron chi connectivity index (χ3n) is 5.13. The second kappa shape index (κ2) is 7.98. The highest BCUT2D eigenvalue weighted by Crippen LogP contribution is 2.36. The average Bonchev–Trinajstić information content (AvgIpc) is 2.97. The maximum Gasteiger partial charge on any atom is 0.308 e.